The van der Waals surface area contributed by atoms with Crippen LogP contribution in [0.3, 0.4) is 0 Å². The fourth-order valence-electron chi connectivity index (χ4n) is 1.97. The summed E-state index contributed by atoms with van der Waals surface area (Å²) < 4.78 is 5.05. The van der Waals surface area contributed by atoms with Crippen molar-refractivity contribution in [2.75, 3.05) is 14.2 Å². The fraction of sp³-hybridized carbons (Fsp3) is 0.250. The number of methoxy groups -OCH3 is 1. The molecule has 2 rings (SSSR count). The Morgan fingerprint density at radius 1 is 1.20 bits per heavy atom. The molecule has 0 N–H and O–H groups in total. The number of benzene rings is 1. The summed E-state index contributed by atoms with van der Waals surface area (Å²) in [5, 5.41) is 0. The fourth-order valence-corrected chi connectivity index (χ4v) is 1.97. The highest BCUT2D eigenvalue weighted by Crippen LogP contribution is 2.10. The molecular weight excluding hydrogens is 252 g/mol. The van der Waals surface area contributed by atoms with Crippen LogP contribution in [0.1, 0.15) is 21.5 Å². The van der Waals surface area contributed by atoms with E-state index in [0.717, 1.165) is 11.1 Å². The molecule has 1 aromatic carbocycles. The first-order chi connectivity index (χ1) is 9.70. The Balaban J connectivity index is 2.03. The zero-order chi connectivity index (χ0) is 14.4. The molecule has 1 heterocycles. The highest BCUT2D eigenvalue weighted by Gasteiger charge is 2.11. The topological polar surface area (TPSA) is 42.4 Å². The van der Waals surface area contributed by atoms with Gasteiger partial charge in [0.1, 0.15) is 0 Å². The second-order valence-corrected chi connectivity index (χ2v) is 4.65. The molecule has 20 heavy (non-hydrogen) atoms. The minimum absolute atomic E-state index is 0.00202. The Morgan fingerprint density at radius 2 is 1.95 bits per heavy atom. The summed E-state index contributed by atoms with van der Waals surface area (Å²) in [6, 6.07) is 11.3. The number of nitrogens with zero attached hydrogens (tertiary/aromatic N) is 2. The Labute approximate surface area is 119 Å². The Kier molecular flexibility index (Phi) is 4.85. The number of amides is 1. The predicted octanol–water partition coefficient (Wildman–Crippen LogP) is 2.50. The maximum atomic E-state index is 12.3. The molecule has 2 aromatic rings. The van der Waals surface area contributed by atoms with Crippen LogP contribution >= 0.6 is 0 Å². The lowest BCUT2D eigenvalue weighted by Gasteiger charge is -2.17. The van der Waals surface area contributed by atoms with Gasteiger partial charge in [-0.15, -0.1) is 0 Å². The highest BCUT2D eigenvalue weighted by atomic mass is 16.5. The monoisotopic (exact) mass is 270 g/mol. The van der Waals surface area contributed by atoms with Crippen LogP contribution in [-0.2, 0) is 17.9 Å². The van der Waals surface area contributed by atoms with E-state index in [2.05, 4.69) is 4.98 Å². The zero-order valence-corrected chi connectivity index (χ0v) is 11.7. The quantitative estimate of drug-likeness (QED) is 0.838. The molecule has 104 valence electrons. The number of hydrogen-bond donors (Lipinski definition) is 0. The van der Waals surface area contributed by atoms with Gasteiger partial charge in [0.25, 0.3) is 5.91 Å². The van der Waals surface area contributed by atoms with Crippen molar-refractivity contribution in [3.63, 3.8) is 0 Å². The van der Waals surface area contributed by atoms with E-state index in [-0.39, 0.29) is 5.91 Å². The van der Waals surface area contributed by atoms with Gasteiger partial charge in [0.15, 0.2) is 0 Å². The van der Waals surface area contributed by atoms with Gasteiger partial charge in [-0.25, -0.2) is 0 Å². The summed E-state index contributed by atoms with van der Waals surface area (Å²) in [5.41, 5.74) is 2.74. The van der Waals surface area contributed by atoms with E-state index in [1.165, 1.54) is 0 Å². The molecule has 0 spiro atoms. The van der Waals surface area contributed by atoms with Gasteiger partial charge in [0.05, 0.1) is 6.61 Å². The zero-order valence-electron chi connectivity index (χ0n) is 11.7. The number of aromatic nitrogens is 1. The minimum Gasteiger partial charge on any atom is -0.380 e. The molecule has 4 nitrogen and oxygen atoms in total. The van der Waals surface area contributed by atoms with Gasteiger partial charge in [-0.05, 0) is 29.3 Å². The lowest BCUT2D eigenvalue weighted by atomic mass is 10.1. The van der Waals surface area contributed by atoms with E-state index in [4.69, 9.17) is 4.74 Å². The molecule has 0 saturated carbocycles. The first-order valence-electron chi connectivity index (χ1n) is 6.43. The summed E-state index contributed by atoms with van der Waals surface area (Å²) in [6.07, 6.45) is 3.49. The van der Waals surface area contributed by atoms with Crippen molar-refractivity contribution < 1.29 is 9.53 Å². The van der Waals surface area contributed by atoms with Crippen molar-refractivity contribution in [2.45, 2.75) is 13.2 Å². The molecule has 1 aromatic heterocycles. The van der Waals surface area contributed by atoms with Crippen LogP contribution in [-0.4, -0.2) is 29.9 Å². The molecule has 0 unspecified atom stereocenters. The van der Waals surface area contributed by atoms with Crippen molar-refractivity contribution in [3.8, 4) is 0 Å². The molecule has 0 atom stereocenters. The van der Waals surface area contributed by atoms with Gasteiger partial charge in [-0.2, -0.15) is 0 Å². The SMILES string of the molecule is COCc1ccc(C(=O)N(C)Cc2cccnc2)cc1. The first-order valence-corrected chi connectivity index (χ1v) is 6.43. The standard InChI is InChI=1S/C16H18N2O2/c1-18(11-14-4-3-9-17-10-14)16(19)15-7-5-13(6-8-15)12-20-2/h3-10H,11-12H2,1-2H3. The van der Waals surface area contributed by atoms with Crippen LogP contribution in [0.25, 0.3) is 0 Å². The van der Waals surface area contributed by atoms with E-state index >= 15 is 0 Å². The van der Waals surface area contributed by atoms with Crippen molar-refractivity contribution in [3.05, 3.63) is 65.5 Å². The average Bonchev–Trinajstić information content (AvgIpc) is 2.48. The predicted molar refractivity (Wildman–Crippen MR) is 77.2 cm³/mol. The second-order valence-electron chi connectivity index (χ2n) is 4.65. The van der Waals surface area contributed by atoms with E-state index in [0.29, 0.717) is 18.7 Å². The van der Waals surface area contributed by atoms with Crippen LogP contribution in [0.15, 0.2) is 48.8 Å². The molecule has 0 aliphatic carbocycles. The lowest BCUT2D eigenvalue weighted by Crippen LogP contribution is -2.26. The van der Waals surface area contributed by atoms with Crippen molar-refractivity contribution in [1.29, 1.82) is 0 Å². The number of pyridine rings is 1. The first kappa shape index (κ1) is 14.2. The Hall–Kier alpha value is -2.20. The maximum absolute atomic E-state index is 12.3. The average molecular weight is 270 g/mol. The van der Waals surface area contributed by atoms with E-state index in [1.54, 1.807) is 31.5 Å². The smallest absolute Gasteiger partial charge is 0.253 e. The number of rotatable bonds is 5. The number of carbonyl (C=O) groups excluding carboxylic acids is 1. The lowest BCUT2D eigenvalue weighted by molar-refractivity contribution is 0.0785. The summed E-state index contributed by atoms with van der Waals surface area (Å²) >= 11 is 0. The number of hydrogen-bond acceptors (Lipinski definition) is 3. The van der Waals surface area contributed by atoms with Crippen LogP contribution in [0.5, 0.6) is 0 Å². The molecule has 0 radical (unpaired) electrons. The Bertz CT molecular complexity index is 552. The molecule has 0 saturated heterocycles. The van der Waals surface area contributed by atoms with E-state index < -0.39 is 0 Å². The summed E-state index contributed by atoms with van der Waals surface area (Å²) in [5.74, 6) is -0.00202. The molecule has 0 aliphatic rings. The third kappa shape index (κ3) is 3.65. The molecule has 0 aliphatic heterocycles. The molecular formula is C16H18N2O2. The van der Waals surface area contributed by atoms with Gasteiger partial charge in [0, 0.05) is 38.7 Å². The van der Waals surface area contributed by atoms with E-state index in [9.17, 15) is 4.79 Å². The van der Waals surface area contributed by atoms with E-state index in [1.807, 2.05) is 36.4 Å². The minimum atomic E-state index is -0.00202. The number of carbonyl (C=O) groups is 1. The second kappa shape index (κ2) is 6.82. The molecule has 0 bridgehead atoms. The molecule has 0 fully saturated rings. The van der Waals surface area contributed by atoms with Gasteiger partial charge in [-0.3, -0.25) is 9.78 Å². The normalized spacial score (nSPS) is 10.3. The van der Waals surface area contributed by atoms with Crippen molar-refractivity contribution >= 4 is 5.91 Å². The van der Waals surface area contributed by atoms with Gasteiger partial charge in [-0.1, -0.05) is 18.2 Å². The maximum Gasteiger partial charge on any atom is 0.253 e. The number of ether oxygens (including phenoxy) is 1. The van der Waals surface area contributed by atoms with Crippen LogP contribution in [0.4, 0.5) is 0 Å². The van der Waals surface area contributed by atoms with Crippen LogP contribution in [0.2, 0.25) is 0 Å². The molecule has 4 heteroatoms. The third-order valence-electron chi connectivity index (χ3n) is 3.00. The third-order valence-corrected chi connectivity index (χ3v) is 3.00. The van der Waals surface area contributed by atoms with Gasteiger partial charge in [0.2, 0.25) is 0 Å². The summed E-state index contributed by atoms with van der Waals surface area (Å²) in [7, 11) is 3.44. The Morgan fingerprint density at radius 3 is 2.55 bits per heavy atom. The van der Waals surface area contributed by atoms with Gasteiger partial charge < -0.3 is 9.64 Å². The van der Waals surface area contributed by atoms with Crippen molar-refractivity contribution in [1.82, 2.24) is 9.88 Å². The van der Waals surface area contributed by atoms with Crippen LogP contribution < -0.4 is 0 Å². The summed E-state index contributed by atoms with van der Waals surface area (Å²) in [6.45, 7) is 1.10. The van der Waals surface area contributed by atoms with Crippen molar-refractivity contribution in [2.24, 2.45) is 0 Å². The highest BCUT2D eigenvalue weighted by molar-refractivity contribution is 5.94. The summed E-state index contributed by atoms with van der Waals surface area (Å²) in [4.78, 5) is 18.0. The molecule has 1 amide bonds. The van der Waals surface area contributed by atoms with Gasteiger partial charge >= 0.3 is 0 Å². The largest absolute Gasteiger partial charge is 0.380 e. The van der Waals surface area contributed by atoms with Crippen LogP contribution in [0, 0.1) is 0 Å².